The molecule has 2 aromatic rings. The molecule has 2 rings (SSSR count). The zero-order valence-corrected chi connectivity index (χ0v) is 14.9. The zero-order valence-electron chi connectivity index (χ0n) is 14.9. The van der Waals surface area contributed by atoms with Crippen LogP contribution in [0.1, 0.15) is 25.1 Å². The molecule has 2 N–H and O–H groups in total. The molecule has 0 amide bonds. The Kier molecular flexibility index (Phi) is 7.19. The van der Waals surface area contributed by atoms with Crippen LogP contribution in [0.3, 0.4) is 0 Å². The number of rotatable bonds is 7. The van der Waals surface area contributed by atoms with Crippen LogP contribution in [0.5, 0.6) is 5.75 Å². The molecule has 0 aliphatic carbocycles. The van der Waals surface area contributed by atoms with E-state index in [1.54, 1.807) is 24.4 Å². The highest BCUT2D eigenvalue weighted by Gasteiger charge is 2.09. The highest BCUT2D eigenvalue weighted by atomic mass is 19.1. The summed E-state index contributed by atoms with van der Waals surface area (Å²) in [4.78, 5) is 8.89. The third kappa shape index (κ3) is 6.06. The molecule has 0 saturated carbocycles. The average molecular weight is 344 g/mol. The molecule has 1 heterocycles. The fourth-order valence-corrected chi connectivity index (χ4v) is 2.22. The largest absolute Gasteiger partial charge is 0.486 e. The Hall–Kier alpha value is -2.63. The van der Waals surface area contributed by atoms with Crippen LogP contribution in [0.4, 0.5) is 4.39 Å². The number of para-hydroxylation sites is 1. The van der Waals surface area contributed by atoms with Gasteiger partial charge in [-0.05, 0) is 44.5 Å². The van der Waals surface area contributed by atoms with Gasteiger partial charge >= 0.3 is 0 Å². The van der Waals surface area contributed by atoms with Crippen LogP contribution in [-0.2, 0) is 6.54 Å². The molecule has 25 heavy (non-hydrogen) atoms. The number of guanidine groups is 1. The first-order valence-corrected chi connectivity index (χ1v) is 8.44. The smallest absolute Gasteiger partial charge is 0.191 e. The number of benzene rings is 1. The van der Waals surface area contributed by atoms with Crippen molar-refractivity contribution in [2.24, 2.45) is 4.99 Å². The number of ether oxygens (including phenoxy) is 1. The maximum absolute atomic E-state index is 13.6. The summed E-state index contributed by atoms with van der Waals surface area (Å²) in [7, 11) is 0. The summed E-state index contributed by atoms with van der Waals surface area (Å²) >= 11 is 0. The van der Waals surface area contributed by atoms with E-state index in [9.17, 15) is 4.39 Å². The van der Waals surface area contributed by atoms with E-state index in [0.717, 1.165) is 17.8 Å². The van der Waals surface area contributed by atoms with E-state index in [0.29, 0.717) is 19.0 Å². The highest BCUT2D eigenvalue weighted by molar-refractivity contribution is 5.79. The van der Waals surface area contributed by atoms with Crippen molar-refractivity contribution in [1.29, 1.82) is 0 Å². The molecule has 1 unspecified atom stereocenters. The van der Waals surface area contributed by atoms with E-state index < -0.39 is 0 Å². The quantitative estimate of drug-likeness (QED) is 0.599. The molecule has 5 nitrogen and oxygen atoms in total. The SMILES string of the molecule is CCNC(=NCc1ncccc1C)NCC(C)Oc1ccccc1F. The Morgan fingerprint density at radius 1 is 1.24 bits per heavy atom. The molecule has 0 radical (unpaired) electrons. The predicted molar refractivity (Wildman–Crippen MR) is 98.3 cm³/mol. The number of aromatic nitrogens is 1. The number of nitrogens with one attached hydrogen (secondary N) is 2. The monoisotopic (exact) mass is 344 g/mol. The molecule has 0 saturated heterocycles. The Labute approximate surface area is 148 Å². The lowest BCUT2D eigenvalue weighted by Crippen LogP contribution is -2.41. The highest BCUT2D eigenvalue weighted by Crippen LogP contribution is 2.16. The van der Waals surface area contributed by atoms with Gasteiger partial charge < -0.3 is 15.4 Å². The summed E-state index contributed by atoms with van der Waals surface area (Å²) in [5, 5.41) is 6.40. The molecule has 1 aromatic carbocycles. The molecule has 0 spiro atoms. The van der Waals surface area contributed by atoms with Crippen molar-refractivity contribution >= 4 is 5.96 Å². The van der Waals surface area contributed by atoms with E-state index in [4.69, 9.17) is 4.74 Å². The van der Waals surface area contributed by atoms with E-state index >= 15 is 0 Å². The molecule has 0 bridgehead atoms. The first-order valence-electron chi connectivity index (χ1n) is 8.44. The lowest BCUT2D eigenvalue weighted by molar-refractivity contribution is 0.214. The van der Waals surface area contributed by atoms with E-state index in [1.165, 1.54) is 6.07 Å². The van der Waals surface area contributed by atoms with Gasteiger partial charge in [0.25, 0.3) is 0 Å². The minimum absolute atomic E-state index is 0.211. The fraction of sp³-hybridized carbons (Fsp3) is 0.368. The van der Waals surface area contributed by atoms with E-state index in [-0.39, 0.29) is 17.7 Å². The van der Waals surface area contributed by atoms with Crippen molar-refractivity contribution in [3.8, 4) is 5.75 Å². The summed E-state index contributed by atoms with van der Waals surface area (Å²) in [6, 6.07) is 10.3. The number of aryl methyl sites for hydroxylation is 1. The van der Waals surface area contributed by atoms with E-state index in [2.05, 4.69) is 20.6 Å². The molecule has 134 valence electrons. The van der Waals surface area contributed by atoms with Crippen LogP contribution in [0.15, 0.2) is 47.6 Å². The number of aliphatic imine (C=N–C) groups is 1. The summed E-state index contributed by atoms with van der Waals surface area (Å²) < 4.78 is 19.3. The normalized spacial score (nSPS) is 12.6. The average Bonchev–Trinajstić information content (AvgIpc) is 2.60. The second kappa shape index (κ2) is 9.61. The van der Waals surface area contributed by atoms with Crippen LogP contribution in [0.25, 0.3) is 0 Å². The van der Waals surface area contributed by atoms with Gasteiger partial charge in [-0.25, -0.2) is 9.38 Å². The predicted octanol–water partition coefficient (Wildman–Crippen LogP) is 3.05. The summed E-state index contributed by atoms with van der Waals surface area (Å²) in [6.45, 7) is 7.64. The summed E-state index contributed by atoms with van der Waals surface area (Å²) in [5.41, 5.74) is 2.05. The molecule has 1 atom stereocenters. The van der Waals surface area contributed by atoms with Crippen LogP contribution < -0.4 is 15.4 Å². The van der Waals surface area contributed by atoms with Gasteiger partial charge in [-0.2, -0.15) is 0 Å². The van der Waals surface area contributed by atoms with Crippen molar-refractivity contribution in [1.82, 2.24) is 15.6 Å². The third-order valence-corrected chi connectivity index (χ3v) is 3.57. The van der Waals surface area contributed by atoms with Gasteiger partial charge in [-0.15, -0.1) is 0 Å². The minimum Gasteiger partial charge on any atom is -0.486 e. The molecule has 0 fully saturated rings. The zero-order chi connectivity index (χ0) is 18.1. The first-order chi connectivity index (χ1) is 12.1. The van der Waals surface area contributed by atoms with Crippen LogP contribution >= 0.6 is 0 Å². The molecule has 6 heteroatoms. The Morgan fingerprint density at radius 3 is 2.76 bits per heavy atom. The number of halogens is 1. The van der Waals surface area contributed by atoms with Crippen LogP contribution in [-0.4, -0.2) is 30.1 Å². The van der Waals surface area contributed by atoms with Crippen molar-refractivity contribution in [3.05, 3.63) is 59.7 Å². The minimum atomic E-state index is -0.361. The molecule has 1 aromatic heterocycles. The van der Waals surface area contributed by atoms with Gasteiger partial charge in [0.15, 0.2) is 17.5 Å². The molecule has 0 aliphatic rings. The second-order valence-corrected chi connectivity index (χ2v) is 5.70. The number of hydrogen-bond donors (Lipinski definition) is 2. The molecular formula is C19H25FN4O. The standard InChI is InChI=1S/C19H25FN4O/c1-4-21-19(24-13-17-14(2)8-7-11-22-17)23-12-15(3)25-18-10-6-5-9-16(18)20/h5-11,15H,4,12-13H2,1-3H3,(H2,21,23,24). The van der Waals surface area contributed by atoms with Gasteiger partial charge in [-0.1, -0.05) is 18.2 Å². The van der Waals surface area contributed by atoms with Crippen LogP contribution in [0.2, 0.25) is 0 Å². The number of hydrogen-bond acceptors (Lipinski definition) is 3. The first kappa shape index (κ1) is 18.7. The topological polar surface area (TPSA) is 58.5 Å². The maximum atomic E-state index is 13.6. The van der Waals surface area contributed by atoms with Gasteiger partial charge in [0.2, 0.25) is 0 Å². The van der Waals surface area contributed by atoms with Crippen molar-refractivity contribution in [2.75, 3.05) is 13.1 Å². The van der Waals surface area contributed by atoms with Crippen molar-refractivity contribution in [2.45, 2.75) is 33.4 Å². The fourth-order valence-electron chi connectivity index (χ4n) is 2.22. The number of nitrogens with zero attached hydrogens (tertiary/aromatic N) is 2. The lowest BCUT2D eigenvalue weighted by atomic mass is 10.2. The van der Waals surface area contributed by atoms with Crippen LogP contribution in [0, 0.1) is 12.7 Å². The third-order valence-electron chi connectivity index (χ3n) is 3.57. The second-order valence-electron chi connectivity index (χ2n) is 5.70. The Bertz CT molecular complexity index is 705. The Morgan fingerprint density at radius 2 is 2.04 bits per heavy atom. The van der Waals surface area contributed by atoms with E-state index in [1.807, 2.05) is 32.9 Å². The molecule has 0 aliphatic heterocycles. The van der Waals surface area contributed by atoms with Crippen molar-refractivity contribution in [3.63, 3.8) is 0 Å². The van der Waals surface area contributed by atoms with Gasteiger partial charge in [0.05, 0.1) is 18.8 Å². The summed E-state index contributed by atoms with van der Waals surface area (Å²) in [6.07, 6.45) is 1.56. The van der Waals surface area contributed by atoms with Gasteiger partial charge in [-0.3, -0.25) is 4.98 Å². The molecular weight excluding hydrogens is 319 g/mol. The van der Waals surface area contributed by atoms with Gasteiger partial charge in [0, 0.05) is 12.7 Å². The Balaban J connectivity index is 1.91. The van der Waals surface area contributed by atoms with Crippen molar-refractivity contribution < 1.29 is 9.13 Å². The summed E-state index contributed by atoms with van der Waals surface area (Å²) in [5.74, 6) is 0.569. The maximum Gasteiger partial charge on any atom is 0.191 e. The lowest BCUT2D eigenvalue weighted by Gasteiger charge is -2.18. The number of pyridine rings is 1. The van der Waals surface area contributed by atoms with Gasteiger partial charge in [0.1, 0.15) is 6.10 Å².